The van der Waals surface area contributed by atoms with E-state index in [2.05, 4.69) is 11.4 Å². The molecule has 0 aromatic heterocycles. The van der Waals surface area contributed by atoms with E-state index in [1.807, 2.05) is 38.1 Å². The highest BCUT2D eigenvalue weighted by atomic mass is 35.5. The van der Waals surface area contributed by atoms with Crippen LogP contribution >= 0.6 is 23.2 Å². The smallest absolute Gasteiger partial charge is 0.257 e. The van der Waals surface area contributed by atoms with Crippen molar-refractivity contribution in [2.24, 2.45) is 5.41 Å². The molecule has 0 aliphatic heterocycles. The zero-order chi connectivity index (χ0) is 18.2. The maximum Gasteiger partial charge on any atom is 0.257 e. The van der Waals surface area contributed by atoms with Crippen molar-refractivity contribution in [1.82, 2.24) is 5.32 Å². The van der Waals surface area contributed by atoms with Gasteiger partial charge in [-0.25, -0.2) is 0 Å². The minimum atomic E-state index is -0.366. The lowest BCUT2D eigenvalue weighted by atomic mass is 9.72. The summed E-state index contributed by atoms with van der Waals surface area (Å²) in [6, 6.07) is 14.8. The van der Waals surface area contributed by atoms with Crippen LogP contribution in [-0.2, 0) is 6.42 Å². The molecule has 1 aliphatic rings. The Morgan fingerprint density at radius 3 is 2.60 bits per heavy atom. The number of carbonyl (C=O) groups excluding carboxylic acids is 1. The maximum atomic E-state index is 12.7. The quantitative estimate of drug-likeness (QED) is 0.785. The van der Waals surface area contributed by atoms with E-state index in [4.69, 9.17) is 23.2 Å². The normalized spacial score (nSPS) is 15.3. The molecule has 2 aromatic carbocycles. The van der Waals surface area contributed by atoms with Gasteiger partial charge in [0.2, 0.25) is 0 Å². The van der Waals surface area contributed by atoms with Crippen molar-refractivity contribution in [2.45, 2.75) is 20.3 Å². The Hall–Kier alpha value is -2.28. The molecule has 0 unspecified atom stereocenters. The molecule has 0 radical (unpaired) electrons. The molecule has 0 bridgehead atoms. The predicted octanol–water partition coefficient (Wildman–Crippen LogP) is 5.24. The number of rotatable bonds is 2. The van der Waals surface area contributed by atoms with Crippen molar-refractivity contribution in [3.63, 3.8) is 0 Å². The van der Waals surface area contributed by atoms with Gasteiger partial charge in [-0.1, -0.05) is 61.3 Å². The molecule has 1 aliphatic carbocycles. The second-order valence-corrected chi connectivity index (χ2v) is 7.50. The molecule has 3 nitrogen and oxygen atoms in total. The highest BCUT2D eigenvalue weighted by Crippen LogP contribution is 2.41. The zero-order valence-electron chi connectivity index (χ0n) is 13.9. The summed E-state index contributed by atoms with van der Waals surface area (Å²) < 4.78 is 0. The lowest BCUT2D eigenvalue weighted by Crippen LogP contribution is -2.31. The number of halogens is 2. The van der Waals surface area contributed by atoms with Crippen LogP contribution in [0.3, 0.4) is 0 Å². The molecule has 3 rings (SSSR count). The van der Waals surface area contributed by atoms with Crippen molar-refractivity contribution < 1.29 is 4.79 Å². The Morgan fingerprint density at radius 1 is 1.20 bits per heavy atom. The Kier molecular flexibility index (Phi) is 4.60. The van der Waals surface area contributed by atoms with Crippen LogP contribution in [0.1, 0.15) is 35.3 Å². The Balaban J connectivity index is 2.08. The van der Waals surface area contributed by atoms with Gasteiger partial charge in [-0.3, -0.25) is 4.79 Å². The molecule has 0 heterocycles. The molecule has 2 aromatic rings. The summed E-state index contributed by atoms with van der Waals surface area (Å²) in [5.74, 6) is -0.364. The van der Waals surface area contributed by atoms with E-state index in [1.165, 1.54) is 6.07 Å². The maximum absolute atomic E-state index is 12.7. The van der Waals surface area contributed by atoms with Gasteiger partial charge in [0.1, 0.15) is 0 Å². The van der Waals surface area contributed by atoms with Crippen LogP contribution in [-0.4, -0.2) is 5.91 Å². The molecule has 0 saturated carbocycles. The summed E-state index contributed by atoms with van der Waals surface area (Å²) >= 11 is 12.0. The van der Waals surface area contributed by atoms with E-state index in [0.717, 1.165) is 17.5 Å². The monoisotopic (exact) mass is 370 g/mol. The van der Waals surface area contributed by atoms with E-state index in [1.54, 1.807) is 12.1 Å². The number of nitriles is 1. The van der Waals surface area contributed by atoms with E-state index >= 15 is 0 Å². The number of nitrogens with zero attached hydrogens (tertiary/aromatic N) is 1. The number of hydrogen-bond donors (Lipinski definition) is 1. The number of nitrogens with one attached hydrogen (secondary N) is 1. The molecule has 1 amide bonds. The fraction of sp³-hybridized carbons (Fsp3) is 0.200. The number of fused-ring (bicyclic) bond motifs is 1. The van der Waals surface area contributed by atoms with Crippen LogP contribution in [0.25, 0.3) is 5.70 Å². The van der Waals surface area contributed by atoms with Gasteiger partial charge >= 0.3 is 0 Å². The van der Waals surface area contributed by atoms with Gasteiger partial charge in [0.25, 0.3) is 5.91 Å². The molecule has 0 spiro atoms. The first-order chi connectivity index (χ1) is 11.8. The van der Waals surface area contributed by atoms with Crippen LogP contribution in [0.4, 0.5) is 0 Å². The van der Waals surface area contributed by atoms with Gasteiger partial charge < -0.3 is 5.32 Å². The van der Waals surface area contributed by atoms with Gasteiger partial charge in [0, 0.05) is 16.0 Å². The van der Waals surface area contributed by atoms with Gasteiger partial charge in [-0.15, -0.1) is 0 Å². The lowest BCUT2D eigenvalue weighted by molar-refractivity contribution is 0.0973. The second kappa shape index (κ2) is 6.55. The highest BCUT2D eigenvalue weighted by molar-refractivity contribution is 6.36. The van der Waals surface area contributed by atoms with Crippen molar-refractivity contribution in [3.05, 3.63) is 74.8 Å². The van der Waals surface area contributed by atoms with Crippen LogP contribution in [0, 0.1) is 16.7 Å². The first-order valence-electron chi connectivity index (χ1n) is 7.83. The first kappa shape index (κ1) is 17.5. The van der Waals surface area contributed by atoms with Crippen LogP contribution in [0.5, 0.6) is 0 Å². The van der Waals surface area contributed by atoms with Crippen molar-refractivity contribution in [2.75, 3.05) is 0 Å². The summed E-state index contributed by atoms with van der Waals surface area (Å²) in [5, 5.41) is 13.3. The summed E-state index contributed by atoms with van der Waals surface area (Å²) in [6.45, 7) is 4.01. The Morgan fingerprint density at radius 2 is 1.92 bits per heavy atom. The van der Waals surface area contributed by atoms with Gasteiger partial charge in [-0.2, -0.15) is 5.26 Å². The van der Waals surface area contributed by atoms with Crippen molar-refractivity contribution in [3.8, 4) is 6.07 Å². The van der Waals surface area contributed by atoms with E-state index in [0.29, 0.717) is 21.9 Å². The average Bonchev–Trinajstić information content (AvgIpc) is 2.53. The van der Waals surface area contributed by atoms with E-state index in [-0.39, 0.29) is 16.3 Å². The number of hydrogen-bond acceptors (Lipinski definition) is 2. The van der Waals surface area contributed by atoms with Crippen molar-refractivity contribution in [1.29, 1.82) is 5.26 Å². The van der Waals surface area contributed by atoms with Crippen LogP contribution in [0.2, 0.25) is 10.0 Å². The summed E-state index contributed by atoms with van der Waals surface area (Å²) in [4.78, 5) is 12.7. The third-order valence-electron chi connectivity index (χ3n) is 4.37. The average molecular weight is 371 g/mol. The van der Waals surface area contributed by atoms with E-state index < -0.39 is 0 Å². The van der Waals surface area contributed by atoms with Crippen molar-refractivity contribution >= 4 is 34.8 Å². The standard InChI is InChI=1S/C20H16Cl2N2O/c1-20(2)10-12-5-3-4-6-14(12)18(16(20)11-23)24-19(25)15-8-7-13(21)9-17(15)22/h3-9H,10H2,1-2H3,(H,24,25). The fourth-order valence-electron chi connectivity index (χ4n) is 3.15. The fourth-order valence-corrected chi connectivity index (χ4v) is 3.64. The molecule has 1 N–H and O–H groups in total. The number of carbonyl (C=O) groups is 1. The third-order valence-corrected chi connectivity index (χ3v) is 4.92. The van der Waals surface area contributed by atoms with Gasteiger partial charge in [-0.05, 0) is 30.2 Å². The minimum absolute atomic E-state index is 0.271. The predicted molar refractivity (Wildman–Crippen MR) is 100 cm³/mol. The lowest BCUT2D eigenvalue weighted by Gasteiger charge is -2.33. The molecular weight excluding hydrogens is 355 g/mol. The van der Waals surface area contributed by atoms with Gasteiger partial charge in [0.15, 0.2) is 0 Å². The third kappa shape index (κ3) is 3.28. The topological polar surface area (TPSA) is 52.9 Å². The number of amides is 1. The SMILES string of the molecule is CC1(C)Cc2ccccc2C(NC(=O)c2ccc(Cl)cc2Cl)=C1C#N. The van der Waals surface area contributed by atoms with Gasteiger partial charge in [0.05, 0.1) is 27.9 Å². The molecule has 0 fully saturated rings. The Labute approximate surface area is 156 Å². The molecule has 5 heteroatoms. The molecule has 0 atom stereocenters. The van der Waals surface area contributed by atoms with Crippen LogP contribution in [0.15, 0.2) is 48.0 Å². The van der Waals surface area contributed by atoms with Crippen LogP contribution < -0.4 is 5.32 Å². The minimum Gasteiger partial charge on any atom is -0.320 e. The first-order valence-corrected chi connectivity index (χ1v) is 8.58. The molecule has 126 valence electrons. The largest absolute Gasteiger partial charge is 0.320 e. The summed E-state index contributed by atoms with van der Waals surface area (Å²) in [6.07, 6.45) is 0.743. The number of allylic oxidation sites excluding steroid dienone is 1. The molecule has 25 heavy (non-hydrogen) atoms. The molecule has 0 saturated heterocycles. The zero-order valence-corrected chi connectivity index (χ0v) is 15.4. The highest BCUT2D eigenvalue weighted by Gasteiger charge is 2.34. The summed E-state index contributed by atoms with van der Waals surface area (Å²) in [5.41, 5.74) is 3.03. The summed E-state index contributed by atoms with van der Waals surface area (Å²) in [7, 11) is 0. The molecular formula is C20H16Cl2N2O. The second-order valence-electron chi connectivity index (χ2n) is 6.66. The number of benzene rings is 2. The van der Waals surface area contributed by atoms with E-state index in [9.17, 15) is 10.1 Å². The Bertz CT molecular complexity index is 939.